The minimum absolute atomic E-state index is 1.03. The summed E-state index contributed by atoms with van der Waals surface area (Å²) in [5.74, 6) is 0. The molecule has 0 spiro atoms. The average Bonchev–Trinajstić information content (AvgIpc) is 1.89. The predicted octanol–water partition coefficient (Wildman–Crippen LogP) is 2.21. The first-order valence-electron chi connectivity index (χ1n) is 3.10. The van der Waals surface area contributed by atoms with Crippen LogP contribution >= 0.6 is 0 Å². The maximum absolute atomic E-state index is 3.85. The number of hydrogen-bond acceptors (Lipinski definition) is 1. The number of hydrogen-bond donors (Lipinski definition) is 0. The van der Waals surface area contributed by atoms with Crippen LogP contribution in [-0.2, 0) is 0 Å². The Bertz CT molecular complexity index is 112. The molecule has 0 amide bonds. The summed E-state index contributed by atoms with van der Waals surface area (Å²) < 4.78 is 0. The van der Waals surface area contributed by atoms with Gasteiger partial charge in [0.25, 0.3) is 0 Å². The van der Waals surface area contributed by atoms with Crippen LogP contribution < -0.4 is 0 Å². The van der Waals surface area contributed by atoms with Crippen LogP contribution in [0.4, 0.5) is 0 Å². The molecular weight excluding hydrogens is 110 g/mol. The van der Waals surface area contributed by atoms with Crippen LogP contribution in [0.25, 0.3) is 0 Å². The van der Waals surface area contributed by atoms with Gasteiger partial charge < -0.3 is 4.99 Å². The number of allylic oxidation sites excluding steroid dienone is 3. The average molecular weight is 123 g/mol. The summed E-state index contributed by atoms with van der Waals surface area (Å²) in [4.78, 5) is 3.85. The molecule has 0 aliphatic heterocycles. The second kappa shape index (κ2) is 7.15. The van der Waals surface area contributed by atoms with Gasteiger partial charge in [-0.1, -0.05) is 24.8 Å². The molecule has 0 unspecified atom stereocenters. The maximum Gasteiger partial charge on any atom is 0.0273 e. The molecule has 0 aromatic heterocycles. The van der Waals surface area contributed by atoms with Crippen LogP contribution in [-0.4, -0.2) is 13.3 Å². The van der Waals surface area contributed by atoms with Gasteiger partial charge in [-0.05, 0) is 19.1 Å². The lowest BCUT2D eigenvalue weighted by molar-refractivity contribution is 1.11. The van der Waals surface area contributed by atoms with Crippen molar-refractivity contribution in [3.05, 3.63) is 24.8 Å². The lowest BCUT2D eigenvalue weighted by atomic mass is 10.3. The SMILES string of the molecule is C=C/C=C/CCC=NC. The van der Waals surface area contributed by atoms with E-state index in [0.29, 0.717) is 0 Å². The van der Waals surface area contributed by atoms with Gasteiger partial charge in [0, 0.05) is 7.05 Å². The first kappa shape index (κ1) is 8.15. The summed E-state index contributed by atoms with van der Waals surface area (Å²) in [5.41, 5.74) is 0. The summed E-state index contributed by atoms with van der Waals surface area (Å²) in [7, 11) is 1.79. The Labute approximate surface area is 56.8 Å². The lowest BCUT2D eigenvalue weighted by Gasteiger charge is -1.81. The molecule has 0 aliphatic rings. The summed E-state index contributed by atoms with van der Waals surface area (Å²) in [6.45, 7) is 3.56. The maximum atomic E-state index is 3.85. The molecule has 1 heteroatoms. The molecule has 0 rings (SSSR count). The first-order chi connectivity index (χ1) is 4.41. The zero-order chi connectivity index (χ0) is 6.95. The third-order valence-corrected chi connectivity index (χ3v) is 0.917. The fourth-order valence-electron chi connectivity index (χ4n) is 0.492. The molecule has 0 N–H and O–H groups in total. The zero-order valence-corrected chi connectivity index (χ0v) is 5.88. The molecule has 0 bridgehead atoms. The second-order valence-corrected chi connectivity index (χ2v) is 1.68. The first-order valence-corrected chi connectivity index (χ1v) is 3.10. The minimum Gasteiger partial charge on any atom is -0.301 e. The Morgan fingerprint density at radius 2 is 2.22 bits per heavy atom. The largest absolute Gasteiger partial charge is 0.301 e. The normalized spacial score (nSPS) is 11.2. The third-order valence-electron chi connectivity index (χ3n) is 0.917. The molecule has 0 aromatic carbocycles. The standard InChI is InChI=1S/C8H13N/c1-3-4-5-6-7-8-9-2/h3-5,8H,1,6-7H2,2H3/b5-4+,9-8?. The van der Waals surface area contributed by atoms with Gasteiger partial charge in [-0.2, -0.15) is 0 Å². The van der Waals surface area contributed by atoms with Crippen molar-refractivity contribution in [1.29, 1.82) is 0 Å². The van der Waals surface area contributed by atoms with E-state index in [1.165, 1.54) is 0 Å². The van der Waals surface area contributed by atoms with Gasteiger partial charge in [0.2, 0.25) is 0 Å². The molecule has 0 aromatic rings. The molecule has 9 heavy (non-hydrogen) atoms. The van der Waals surface area contributed by atoms with Crippen molar-refractivity contribution >= 4 is 6.21 Å². The highest BCUT2D eigenvalue weighted by atomic mass is 14.6. The highest BCUT2D eigenvalue weighted by Crippen LogP contribution is 1.86. The smallest absolute Gasteiger partial charge is 0.0273 e. The molecule has 0 saturated heterocycles. The van der Waals surface area contributed by atoms with Crippen molar-refractivity contribution in [2.24, 2.45) is 4.99 Å². The molecule has 0 saturated carbocycles. The highest BCUT2D eigenvalue weighted by molar-refractivity contribution is 5.56. The lowest BCUT2D eigenvalue weighted by Crippen LogP contribution is -1.70. The molecule has 50 valence electrons. The summed E-state index contributed by atoms with van der Waals surface area (Å²) in [6.07, 6.45) is 9.80. The summed E-state index contributed by atoms with van der Waals surface area (Å²) in [6, 6.07) is 0. The predicted molar refractivity (Wildman–Crippen MR) is 43.0 cm³/mol. The van der Waals surface area contributed by atoms with E-state index in [-0.39, 0.29) is 0 Å². The van der Waals surface area contributed by atoms with E-state index in [9.17, 15) is 0 Å². The van der Waals surface area contributed by atoms with E-state index in [4.69, 9.17) is 0 Å². The minimum atomic E-state index is 1.03. The monoisotopic (exact) mass is 123 g/mol. The van der Waals surface area contributed by atoms with Crippen LogP contribution in [0.1, 0.15) is 12.8 Å². The second-order valence-electron chi connectivity index (χ2n) is 1.68. The number of nitrogens with zero attached hydrogens (tertiary/aromatic N) is 1. The van der Waals surface area contributed by atoms with Crippen LogP contribution in [0.3, 0.4) is 0 Å². The van der Waals surface area contributed by atoms with Gasteiger partial charge in [0.05, 0.1) is 0 Å². The molecule has 0 aliphatic carbocycles. The zero-order valence-electron chi connectivity index (χ0n) is 5.88. The third kappa shape index (κ3) is 7.15. The molecule has 1 nitrogen and oxygen atoms in total. The Morgan fingerprint density at radius 3 is 2.78 bits per heavy atom. The van der Waals surface area contributed by atoms with Gasteiger partial charge in [0.15, 0.2) is 0 Å². The number of rotatable bonds is 4. The Morgan fingerprint density at radius 1 is 1.44 bits per heavy atom. The van der Waals surface area contributed by atoms with Gasteiger partial charge in [-0.25, -0.2) is 0 Å². The Balaban J connectivity index is 3.08. The number of unbranched alkanes of at least 4 members (excludes halogenated alkanes) is 1. The van der Waals surface area contributed by atoms with Crippen LogP contribution in [0.2, 0.25) is 0 Å². The fourth-order valence-corrected chi connectivity index (χ4v) is 0.492. The van der Waals surface area contributed by atoms with E-state index in [1.807, 2.05) is 12.3 Å². The van der Waals surface area contributed by atoms with Gasteiger partial charge in [-0.3, -0.25) is 0 Å². The summed E-state index contributed by atoms with van der Waals surface area (Å²) >= 11 is 0. The fraction of sp³-hybridized carbons (Fsp3) is 0.375. The van der Waals surface area contributed by atoms with Gasteiger partial charge in [-0.15, -0.1) is 0 Å². The van der Waals surface area contributed by atoms with E-state index >= 15 is 0 Å². The van der Waals surface area contributed by atoms with Crippen molar-refractivity contribution in [2.75, 3.05) is 7.05 Å². The highest BCUT2D eigenvalue weighted by Gasteiger charge is 1.72. The van der Waals surface area contributed by atoms with E-state index in [1.54, 1.807) is 13.1 Å². The van der Waals surface area contributed by atoms with E-state index in [0.717, 1.165) is 12.8 Å². The summed E-state index contributed by atoms with van der Waals surface area (Å²) in [5, 5.41) is 0. The van der Waals surface area contributed by atoms with E-state index < -0.39 is 0 Å². The Hall–Kier alpha value is -0.850. The molecule has 0 atom stereocenters. The Kier molecular flexibility index (Phi) is 6.47. The molecular formula is C8H13N. The molecule has 0 radical (unpaired) electrons. The van der Waals surface area contributed by atoms with Crippen LogP contribution in [0.15, 0.2) is 29.8 Å². The van der Waals surface area contributed by atoms with Crippen LogP contribution in [0.5, 0.6) is 0 Å². The van der Waals surface area contributed by atoms with Gasteiger partial charge in [0.1, 0.15) is 0 Å². The van der Waals surface area contributed by atoms with Crippen molar-refractivity contribution in [2.45, 2.75) is 12.8 Å². The molecule has 0 heterocycles. The van der Waals surface area contributed by atoms with Crippen molar-refractivity contribution in [1.82, 2.24) is 0 Å². The topological polar surface area (TPSA) is 12.4 Å². The molecule has 0 fully saturated rings. The van der Waals surface area contributed by atoms with Crippen LogP contribution in [0, 0.1) is 0 Å². The van der Waals surface area contributed by atoms with Crippen molar-refractivity contribution in [3.8, 4) is 0 Å². The van der Waals surface area contributed by atoms with E-state index in [2.05, 4.69) is 17.6 Å². The quantitative estimate of drug-likeness (QED) is 0.309. The van der Waals surface area contributed by atoms with Gasteiger partial charge >= 0.3 is 0 Å². The van der Waals surface area contributed by atoms with Crippen molar-refractivity contribution < 1.29 is 0 Å². The number of aliphatic imine (C=N–C) groups is 1. The van der Waals surface area contributed by atoms with Crippen molar-refractivity contribution in [3.63, 3.8) is 0 Å².